The molecule has 1 fully saturated rings. The van der Waals surface area contributed by atoms with Crippen LogP contribution in [0, 0.1) is 12.8 Å². The van der Waals surface area contributed by atoms with Crippen molar-refractivity contribution in [2.75, 3.05) is 16.8 Å². The Morgan fingerprint density at radius 1 is 1.62 bits per heavy atom. The number of aromatic nitrogens is 1. The number of amides is 1. The third-order valence-electron chi connectivity index (χ3n) is 2.64. The molecular weight excluding hydrogens is 336 g/mol. The van der Waals surface area contributed by atoms with Crippen LogP contribution >= 0.6 is 31.9 Å². The molecule has 1 unspecified atom stereocenters. The number of carbonyl (C=O) groups excluding carboxylic acids is 1. The summed E-state index contributed by atoms with van der Waals surface area (Å²) in [6.45, 7) is 2.73. The van der Waals surface area contributed by atoms with Gasteiger partial charge in [-0.15, -0.1) is 0 Å². The summed E-state index contributed by atoms with van der Waals surface area (Å²) in [5, 5.41) is 0.860. The molecule has 0 N–H and O–H groups in total. The summed E-state index contributed by atoms with van der Waals surface area (Å²) < 4.78 is 0.885. The van der Waals surface area contributed by atoms with Crippen LogP contribution in [0.2, 0.25) is 0 Å². The molecule has 0 bridgehead atoms. The second-order valence-corrected chi connectivity index (χ2v) is 5.55. The SMILES string of the molecule is Cc1cnc(N2CC(CBr)CC2=O)c(Br)c1. The van der Waals surface area contributed by atoms with Gasteiger partial charge < -0.3 is 0 Å². The van der Waals surface area contributed by atoms with E-state index in [0.717, 1.165) is 27.7 Å². The van der Waals surface area contributed by atoms with E-state index in [2.05, 4.69) is 36.8 Å². The molecule has 1 aromatic rings. The van der Waals surface area contributed by atoms with E-state index in [0.29, 0.717) is 12.3 Å². The van der Waals surface area contributed by atoms with Crippen molar-refractivity contribution in [2.45, 2.75) is 13.3 Å². The molecule has 0 aromatic carbocycles. The zero-order valence-corrected chi connectivity index (χ0v) is 12.1. The number of alkyl halides is 1. The fourth-order valence-corrected chi connectivity index (χ4v) is 2.93. The molecule has 1 aromatic heterocycles. The summed E-state index contributed by atoms with van der Waals surface area (Å²) >= 11 is 6.88. The number of aryl methyl sites for hydroxylation is 1. The van der Waals surface area contributed by atoms with Crippen LogP contribution in [0.15, 0.2) is 16.7 Å². The van der Waals surface area contributed by atoms with Crippen molar-refractivity contribution in [3.63, 3.8) is 0 Å². The first-order valence-electron chi connectivity index (χ1n) is 5.10. The van der Waals surface area contributed by atoms with Gasteiger partial charge in [0, 0.05) is 24.5 Å². The van der Waals surface area contributed by atoms with Crippen molar-refractivity contribution in [3.8, 4) is 0 Å². The van der Waals surface area contributed by atoms with Gasteiger partial charge in [0.1, 0.15) is 5.82 Å². The van der Waals surface area contributed by atoms with Gasteiger partial charge in [-0.2, -0.15) is 0 Å². The van der Waals surface area contributed by atoms with Gasteiger partial charge in [0.15, 0.2) is 0 Å². The highest BCUT2D eigenvalue weighted by Gasteiger charge is 2.31. The van der Waals surface area contributed by atoms with E-state index in [4.69, 9.17) is 0 Å². The first-order valence-corrected chi connectivity index (χ1v) is 7.01. The molecule has 3 nitrogen and oxygen atoms in total. The molecule has 2 rings (SSSR count). The highest BCUT2D eigenvalue weighted by atomic mass is 79.9. The predicted octanol–water partition coefficient (Wildman–Crippen LogP) is 2.90. The molecule has 0 spiro atoms. The maximum atomic E-state index is 11.8. The van der Waals surface area contributed by atoms with Crippen LogP contribution in [0.5, 0.6) is 0 Å². The zero-order chi connectivity index (χ0) is 11.7. The van der Waals surface area contributed by atoms with E-state index in [1.54, 1.807) is 11.1 Å². The number of carbonyl (C=O) groups is 1. The lowest BCUT2D eigenvalue weighted by Gasteiger charge is -2.16. The Bertz CT molecular complexity index is 422. The van der Waals surface area contributed by atoms with Gasteiger partial charge >= 0.3 is 0 Å². The molecule has 0 radical (unpaired) electrons. The molecule has 1 saturated heterocycles. The van der Waals surface area contributed by atoms with E-state index < -0.39 is 0 Å². The molecule has 86 valence electrons. The maximum absolute atomic E-state index is 11.8. The average molecular weight is 348 g/mol. The lowest BCUT2D eigenvalue weighted by Crippen LogP contribution is -2.26. The smallest absolute Gasteiger partial charge is 0.228 e. The molecule has 5 heteroatoms. The van der Waals surface area contributed by atoms with Crippen molar-refractivity contribution < 1.29 is 4.79 Å². The van der Waals surface area contributed by atoms with Crippen molar-refractivity contribution in [3.05, 3.63) is 22.3 Å². The number of hydrogen-bond donors (Lipinski definition) is 0. The van der Waals surface area contributed by atoms with Crippen LogP contribution in [0.3, 0.4) is 0 Å². The Labute approximate surface area is 111 Å². The molecule has 1 aliphatic rings. The number of nitrogens with zero attached hydrogens (tertiary/aromatic N) is 2. The van der Waals surface area contributed by atoms with Gasteiger partial charge in [-0.25, -0.2) is 4.98 Å². The minimum absolute atomic E-state index is 0.154. The van der Waals surface area contributed by atoms with Gasteiger partial charge in [0.25, 0.3) is 0 Å². The van der Waals surface area contributed by atoms with E-state index in [1.165, 1.54) is 0 Å². The van der Waals surface area contributed by atoms with Gasteiger partial charge in [-0.1, -0.05) is 15.9 Å². The molecule has 1 atom stereocenters. The number of pyridine rings is 1. The highest BCUT2D eigenvalue weighted by Crippen LogP contribution is 2.30. The molecule has 1 amide bonds. The van der Waals surface area contributed by atoms with Crippen molar-refractivity contribution in [1.29, 1.82) is 0 Å². The Morgan fingerprint density at radius 3 is 2.94 bits per heavy atom. The van der Waals surface area contributed by atoms with E-state index >= 15 is 0 Å². The highest BCUT2D eigenvalue weighted by molar-refractivity contribution is 9.10. The Hall–Kier alpha value is -0.420. The third-order valence-corrected chi connectivity index (χ3v) is 4.14. The summed E-state index contributed by atoms with van der Waals surface area (Å²) in [5.74, 6) is 1.28. The molecule has 0 aliphatic carbocycles. The third kappa shape index (κ3) is 2.30. The number of hydrogen-bond acceptors (Lipinski definition) is 2. The molecule has 1 aliphatic heterocycles. The van der Waals surface area contributed by atoms with E-state index in [-0.39, 0.29) is 5.91 Å². The minimum Gasteiger partial charge on any atom is -0.296 e. The normalized spacial score (nSPS) is 20.6. The van der Waals surface area contributed by atoms with Gasteiger partial charge in [-0.3, -0.25) is 9.69 Å². The summed E-state index contributed by atoms with van der Waals surface area (Å²) in [4.78, 5) is 17.9. The fourth-order valence-electron chi connectivity index (χ4n) is 1.81. The van der Waals surface area contributed by atoms with Crippen LogP contribution in [-0.4, -0.2) is 22.8 Å². The standard InChI is InChI=1S/C11H12Br2N2O/c1-7-2-9(13)11(14-5-7)15-6-8(4-12)3-10(15)16/h2,5,8H,3-4,6H2,1H3. The van der Waals surface area contributed by atoms with Gasteiger partial charge in [0.05, 0.1) is 4.47 Å². The largest absolute Gasteiger partial charge is 0.296 e. The van der Waals surface area contributed by atoms with Crippen LogP contribution in [0.25, 0.3) is 0 Å². The monoisotopic (exact) mass is 346 g/mol. The molecule has 2 heterocycles. The van der Waals surface area contributed by atoms with Gasteiger partial charge in [0.2, 0.25) is 5.91 Å². The first-order chi connectivity index (χ1) is 7.61. The Balaban J connectivity index is 2.28. The average Bonchev–Trinajstić information content (AvgIpc) is 2.60. The second kappa shape index (κ2) is 4.84. The van der Waals surface area contributed by atoms with Crippen molar-refractivity contribution >= 4 is 43.6 Å². The Morgan fingerprint density at radius 2 is 2.38 bits per heavy atom. The summed E-state index contributed by atoms with van der Waals surface area (Å²) in [6.07, 6.45) is 2.39. The summed E-state index contributed by atoms with van der Waals surface area (Å²) in [6, 6.07) is 1.98. The van der Waals surface area contributed by atoms with Gasteiger partial charge in [-0.05, 0) is 40.4 Å². The van der Waals surface area contributed by atoms with Crippen molar-refractivity contribution in [1.82, 2.24) is 4.98 Å². The zero-order valence-electron chi connectivity index (χ0n) is 8.91. The topological polar surface area (TPSA) is 33.2 Å². The van der Waals surface area contributed by atoms with Crippen LogP contribution in [0.4, 0.5) is 5.82 Å². The molecular formula is C11H12Br2N2O. The fraction of sp³-hybridized carbons (Fsp3) is 0.455. The lowest BCUT2D eigenvalue weighted by atomic mass is 10.2. The second-order valence-electron chi connectivity index (χ2n) is 4.05. The van der Waals surface area contributed by atoms with Crippen molar-refractivity contribution in [2.24, 2.45) is 5.92 Å². The van der Waals surface area contributed by atoms with E-state index in [9.17, 15) is 4.79 Å². The predicted molar refractivity (Wildman–Crippen MR) is 70.9 cm³/mol. The quantitative estimate of drug-likeness (QED) is 0.771. The number of halogens is 2. The van der Waals surface area contributed by atoms with Crippen LogP contribution in [0.1, 0.15) is 12.0 Å². The number of anilines is 1. The van der Waals surface area contributed by atoms with Crippen LogP contribution < -0.4 is 4.90 Å². The molecule has 0 saturated carbocycles. The summed E-state index contributed by atoms with van der Waals surface area (Å²) in [7, 11) is 0. The minimum atomic E-state index is 0.154. The molecule has 16 heavy (non-hydrogen) atoms. The van der Waals surface area contributed by atoms with Crippen LogP contribution in [-0.2, 0) is 4.79 Å². The maximum Gasteiger partial charge on any atom is 0.228 e. The summed E-state index contributed by atoms with van der Waals surface area (Å²) in [5.41, 5.74) is 1.08. The van der Waals surface area contributed by atoms with E-state index in [1.807, 2.05) is 13.0 Å². The first kappa shape index (κ1) is 12.0. The Kier molecular flexibility index (Phi) is 3.64. The lowest BCUT2D eigenvalue weighted by molar-refractivity contribution is -0.117. The number of rotatable bonds is 2.